The van der Waals surface area contributed by atoms with Crippen LogP contribution in [0.15, 0.2) is 94.2 Å². The first-order chi connectivity index (χ1) is 10.0. The number of nitrogens with zero attached hydrogens (tertiary/aromatic N) is 2. The lowest BCUT2D eigenvalue weighted by Gasteiger charge is -1.87. The molecule has 0 saturated heterocycles. The van der Waals surface area contributed by atoms with Gasteiger partial charge in [-0.05, 0) is 21.3 Å². The van der Waals surface area contributed by atoms with Crippen LogP contribution in [-0.4, -0.2) is 0 Å². The predicted octanol–water partition coefficient (Wildman–Crippen LogP) is 6.85. The maximum atomic E-state index is 3.94. The van der Waals surface area contributed by atoms with Crippen LogP contribution >= 0.6 is 41.4 Å². The lowest BCUT2D eigenvalue weighted by molar-refractivity contribution is 1.35. The summed E-state index contributed by atoms with van der Waals surface area (Å²) in [6.45, 7) is 0. The Kier molecular flexibility index (Phi) is 12.6. The molecule has 2 nitrogen and oxygen atoms in total. The van der Waals surface area contributed by atoms with E-state index >= 15 is 0 Å². The molecule has 1 rings (SSSR count). The van der Waals surface area contributed by atoms with Crippen LogP contribution in [0, 0.1) is 0 Å². The number of rotatable bonds is 0. The van der Waals surface area contributed by atoms with Crippen molar-refractivity contribution in [3.63, 3.8) is 0 Å². The van der Waals surface area contributed by atoms with Gasteiger partial charge in [0.1, 0.15) is 0 Å². The van der Waals surface area contributed by atoms with Crippen LogP contribution in [0.2, 0.25) is 0 Å². The summed E-state index contributed by atoms with van der Waals surface area (Å²) in [4.78, 5) is 0. The molecule has 20 heavy (non-hydrogen) atoms. The van der Waals surface area contributed by atoms with Gasteiger partial charge in [0.2, 0.25) is 0 Å². The minimum absolute atomic E-state index is 1.36. The number of hydrogen-bond acceptors (Lipinski definition) is 6. The molecule has 0 aromatic carbocycles. The van der Waals surface area contributed by atoms with E-state index in [9.17, 15) is 0 Å². The van der Waals surface area contributed by atoms with E-state index in [2.05, 4.69) is 9.63 Å². The predicted molar refractivity (Wildman–Crippen MR) is 99.2 cm³/mol. The molecule has 0 bridgehead atoms. The monoisotopic (exact) mass is 338 g/mol. The molecule has 0 saturated carbocycles. The van der Waals surface area contributed by atoms with E-state index in [1.54, 1.807) is 36.6 Å². The molecular weight excluding hydrogens is 324 g/mol. The zero-order valence-electron chi connectivity index (χ0n) is 10.6. The summed E-state index contributed by atoms with van der Waals surface area (Å²) < 4.78 is 3.94. The van der Waals surface area contributed by atoms with Gasteiger partial charge in [0.15, 0.2) is 0 Å². The fourth-order valence-corrected chi connectivity index (χ4v) is 4.69. The van der Waals surface area contributed by atoms with Crippen molar-refractivity contribution in [3.05, 3.63) is 84.5 Å². The minimum Gasteiger partial charge on any atom is -0.151 e. The molecule has 0 fully saturated rings. The Morgan fingerprint density at radius 3 is 1.75 bits per heavy atom. The summed E-state index contributed by atoms with van der Waals surface area (Å²) in [5.74, 6) is 0. The highest BCUT2D eigenvalue weighted by Gasteiger charge is 1.86. The largest absolute Gasteiger partial charge is 0.151 e. The maximum absolute atomic E-state index is 3.94. The Morgan fingerprint density at radius 1 is 0.550 bits per heavy atom. The highest BCUT2D eigenvalue weighted by atomic mass is 33.7. The fraction of sp³-hybridized carbons (Fsp3) is 0. The first-order valence-corrected chi connectivity index (χ1v) is 10.5. The van der Waals surface area contributed by atoms with Gasteiger partial charge < -0.3 is 0 Å². The van der Waals surface area contributed by atoms with E-state index in [1.165, 1.54) is 11.0 Å². The Labute approximate surface area is 135 Å². The second-order valence-electron chi connectivity index (χ2n) is 3.10. The molecule has 0 aliphatic carbocycles. The van der Waals surface area contributed by atoms with E-state index < -0.39 is 0 Å². The highest BCUT2D eigenvalue weighted by Crippen LogP contribution is 2.44. The molecule has 1 aliphatic rings. The van der Waals surface area contributed by atoms with Gasteiger partial charge in [0, 0.05) is 9.83 Å². The van der Waals surface area contributed by atoms with Crippen LogP contribution in [0.1, 0.15) is 0 Å². The van der Waals surface area contributed by atoms with Crippen molar-refractivity contribution in [1.82, 2.24) is 0 Å². The van der Waals surface area contributed by atoms with Crippen molar-refractivity contribution in [2.45, 2.75) is 0 Å². The normalized spacial score (nSPS) is 28.8. The topological polar surface area (TPSA) is 24.7 Å². The lowest BCUT2D eigenvalue weighted by atomic mass is 10.3. The van der Waals surface area contributed by atoms with E-state index in [0.717, 1.165) is 0 Å². The average molecular weight is 339 g/mol. The van der Waals surface area contributed by atoms with E-state index in [-0.39, 0.29) is 0 Å². The van der Waals surface area contributed by atoms with Crippen molar-refractivity contribution in [2.24, 2.45) is 9.63 Å². The van der Waals surface area contributed by atoms with E-state index in [0.29, 0.717) is 0 Å². The summed E-state index contributed by atoms with van der Waals surface area (Å²) in [5.41, 5.74) is 0. The second kappa shape index (κ2) is 14.6. The van der Waals surface area contributed by atoms with Gasteiger partial charge in [-0.15, -0.1) is 4.52 Å². The van der Waals surface area contributed by atoms with E-state index in [1.807, 2.05) is 78.3 Å². The molecule has 1 aliphatic heterocycles. The molecule has 104 valence electrons. The lowest BCUT2D eigenvalue weighted by Crippen LogP contribution is -1.53. The third kappa shape index (κ3) is 12.2. The SMILES string of the molecule is C1=C\C=C/C=C\SSSSN=N\C=C/C=C/C=C\C=C/1. The highest BCUT2D eigenvalue weighted by molar-refractivity contribution is 9.26. The standard InChI is InChI=1S/C14H14N2S4/c1-2-4-6-8-10-12-14-17-19-20-18-16-15-13-11-9-7-5-3-1/h1-14H/b2-1-,5-3-,6-4-,9-7+,10-8-,13-11-,14-12-,16-15?. The summed E-state index contributed by atoms with van der Waals surface area (Å²) in [7, 11) is 6.23. The molecule has 6 heteroatoms. The average Bonchev–Trinajstić information content (AvgIpc) is 2.46. The van der Waals surface area contributed by atoms with Crippen LogP contribution < -0.4 is 0 Å². The van der Waals surface area contributed by atoms with Crippen molar-refractivity contribution in [2.75, 3.05) is 0 Å². The van der Waals surface area contributed by atoms with Crippen LogP contribution in [0.25, 0.3) is 0 Å². The third-order valence-corrected chi connectivity index (χ3v) is 6.68. The zero-order valence-corrected chi connectivity index (χ0v) is 13.9. The van der Waals surface area contributed by atoms with Crippen molar-refractivity contribution >= 4 is 41.4 Å². The first kappa shape index (κ1) is 17.2. The quantitative estimate of drug-likeness (QED) is 0.356. The van der Waals surface area contributed by atoms with E-state index in [4.69, 9.17) is 0 Å². The third-order valence-electron chi connectivity index (χ3n) is 1.69. The second-order valence-corrected chi connectivity index (χ2v) is 8.44. The summed E-state index contributed by atoms with van der Waals surface area (Å²) >= 11 is 0. The molecule has 0 aromatic heterocycles. The van der Waals surface area contributed by atoms with Gasteiger partial charge in [0.25, 0.3) is 0 Å². The Balaban J connectivity index is 2.52. The smallest absolute Gasteiger partial charge is 0.0799 e. The minimum atomic E-state index is 1.36. The van der Waals surface area contributed by atoms with Crippen molar-refractivity contribution in [3.8, 4) is 0 Å². The van der Waals surface area contributed by atoms with Crippen molar-refractivity contribution < 1.29 is 0 Å². The molecule has 0 atom stereocenters. The molecule has 0 amide bonds. The van der Waals surface area contributed by atoms with Gasteiger partial charge in [-0.2, -0.15) is 5.11 Å². The molecular formula is C14H14N2S4. The van der Waals surface area contributed by atoms with Gasteiger partial charge in [-0.25, -0.2) is 0 Å². The molecule has 0 N–H and O–H groups in total. The number of hydrogen-bond donors (Lipinski definition) is 0. The van der Waals surface area contributed by atoms with Crippen LogP contribution in [0.3, 0.4) is 0 Å². The molecule has 0 unspecified atom stereocenters. The van der Waals surface area contributed by atoms with Crippen LogP contribution in [-0.2, 0) is 0 Å². The zero-order chi connectivity index (χ0) is 14.1. The molecule has 0 aromatic rings. The maximum Gasteiger partial charge on any atom is 0.0799 e. The summed E-state index contributed by atoms with van der Waals surface area (Å²) in [6.07, 6.45) is 25.2. The van der Waals surface area contributed by atoms with Gasteiger partial charge in [-0.3, -0.25) is 0 Å². The molecule has 1 heterocycles. The van der Waals surface area contributed by atoms with Gasteiger partial charge >= 0.3 is 0 Å². The first-order valence-electron chi connectivity index (χ1n) is 5.71. The summed E-state index contributed by atoms with van der Waals surface area (Å²) in [5, 5.41) is 5.93. The van der Waals surface area contributed by atoms with Gasteiger partial charge in [0.05, 0.1) is 17.2 Å². The number of allylic oxidation sites excluding steroid dienone is 12. The van der Waals surface area contributed by atoms with Gasteiger partial charge in [-0.1, -0.05) is 77.6 Å². The summed E-state index contributed by atoms with van der Waals surface area (Å²) in [6, 6.07) is 0. The Morgan fingerprint density at radius 2 is 1.10 bits per heavy atom. The Bertz CT molecular complexity index is 428. The molecule has 0 spiro atoms. The van der Waals surface area contributed by atoms with Crippen LogP contribution in [0.5, 0.6) is 0 Å². The van der Waals surface area contributed by atoms with Crippen LogP contribution in [0.4, 0.5) is 0 Å². The Hall–Kier alpha value is -0.820. The molecule has 0 radical (unpaired) electrons. The van der Waals surface area contributed by atoms with Crippen molar-refractivity contribution in [1.29, 1.82) is 0 Å². The fourth-order valence-electron chi connectivity index (χ4n) is 0.918.